The molecule has 19 heavy (non-hydrogen) atoms. The summed E-state index contributed by atoms with van der Waals surface area (Å²) in [6, 6.07) is 4.69. The van der Waals surface area contributed by atoms with Crippen LogP contribution in [-0.4, -0.2) is 17.5 Å². The van der Waals surface area contributed by atoms with Crippen molar-refractivity contribution >= 4 is 11.7 Å². The molecule has 0 heterocycles. The van der Waals surface area contributed by atoms with E-state index in [1.807, 2.05) is 0 Å². The summed E-state index contributed by atoms with van der Waals surface area (Å²) >= 11 is 0. The number of hydrogen-bond donors (Lipinski definition) is 0. The van der Waals surface area contributed by atoms with Gasteiger partial charge < -0.3 is 4.74 Å². The zero-order valence-corrected chi connectivity index (χ0v) is 10.1. The number of rotatable bonds is 5. The third-order valence-corrected chi connectivity index (χ3v) is 2.32. The SMILES string of the molecule is CCOC(=O)C(C#N)Cc1cc(F)cc([N+](=O)[O-])c1. The van der Waals surface area contributed by atoms with E-state index in [9.17, 15) is 19.3 Å². The first-order chi connectivity index (χ1) is 8.97. The van der Waals surface area contributed by atoms with Gasteiger partial charge in [-0.1, -0.05) is 0 Å². The molecule has 1 aromatic carbocycles. The van der Waals surface area contributed by atoms with Crippen molar-refractivity contribution in [3.63, 3.8) is 0 Å². The number of esters is 1. The number of nitriles is 1. The summed E-state index contributed by atoms with van der Waals surface area (Å²) in [4.78, 5) is 21.3. The van der Waals surface area contributed by atoms with E-state index in [2.05, 4.69) is 4.74 Å². The quantitative estimate of drug-likeness (QED) is 0.461. The molecule has 1 unspecified atom stereocenters. The molecule has 0 aromatic heterocycles. The molecule has 0 saturated heterocycles. The monoisotopic (exact) mass is 266 g/mol. The molecule has 7 heteroatoms. The van der Waals surface area contributed by atoms with Gasteiger partial charge in [-0.25, -0.2) is 4.39 Å². The van der Waals surface area contributed by atoms with Gasteiger partial charge in [-0.15, -0.1) is 0 Å². The standard InChI is InChI=1S/C12H11FN2O4/c1-2-19-12(16)9(7-14)3-8-4-10(13)6-11(5-8)15(17)18/h4-6,9H,2-3H2,1H3. The number of nitro benzene ring substituents is 1. The van der Waals surface area contributed by atoms with E-state index < -0.39 is 28.3 Å². The smallest absolute Gasteiger partial charge is 0.323 e. The van der Waals surface area contributed by atoms with Crippen molar-refractivity contribution in [2.75, 3.05) is 6.61 Å². The second kappa shape index (κ2) is 6.44. The molecule has 0 radical (unpaired) electrons. The highest BCUT2D eigenvalue weighted by Gasteiger charge is 2.21. The van der Waals surface area contributed by atoms with Crippen LogP contribution in [0.5, 0.6) is 0 Å². The Morgan fingerprint density at radius 1 is 1.58 bits per heavy atom. The second-order valence-corrected chi connectivity index (χ2v) is 3.71. The number of halogens is 1. The Morgan fingerprint density at radius 3 is 2.79 bits per heavy atom. The van der Waals surface area contributed by atoms with Crippen LogP contribution in [0.2, 0.25) is 0 Å². The van der Waals surface area contributed by atoms with Crippen LogP contribution in [0.4, 0.5) is 10.1 Å². The van der Waals surface area contributed by atoms with E-state index in [1.165, 1.54) is 0 Å². The number of hydrogen-bond acceptors (Lipinski definition) is 5. The molecule has 6 nitrogen and oxygen atoms in total. The van der Waals surface area contributed by atoms with Crippen LogP contribution in [0.15, 0.2) is 18.2 Å². The van der Waals surface area contributed by atoms with Crippen molar-refractivity contribution in [1.82, 2.24) is 0 Å². The molecular formula is C12H11FN2O4. The number of carbonyl (C=O) groups is 1. The number of ether oxygens (including phenoxy) is 1. The van der Waals surface area contributed by atoms with Crippen LogP contribution in [-0.2, 0) is 16.0 Å². The van der Waals surface area contributed by atoms with Gasteiger partial charge in [-0.2, -0.15) is 5.26 Å². The number of carbonyl (C=O) groups excluding carboxylic acids is 1. The summed E-state index contributed by atoms with van der Waals surface area (Å²) in [6.45, 7) is 1.72. The van der Waals surface area contributed by atoms with Crippen molar-refractivity contribution < 1.29 is 18.8 Å². The highest BCUT2D eigenvalue weighted by molar-refractivity contribution is 5.75. The zero-order chi connectivity index (χ0) is 14.4. The van der Waals surface area contributed by atoms with E-state index >= 15 is 0 Å². The minimum atomic E-state index is -1.11. The molecule has 0 aliphatic heterocycles. The number of nitrogens with zero attached hydrogens (tertiary/aromatic N) is 2. The van der Waals surface area contributed by atoms with Crippen molar-refractivity contribution in [3.8, 4) is 6.07 Å². The fraction of sp³-hybridized carbons (Fsp3) is 0.333. The van der Waals surface area contributed by atoms with Crippen molar-refractivity contribution in [3.05, 3.63) is 39.7 Å². The topological polar surface area (TPSA) is 93.2 Å². The molecule has 1 atom stereocenters. The Hall–Kier alpha value is -2.49. The molecule has 0 N–H and O–H groups in total. The Bertz CT molecular complexity index is 539. The average Bonchev–Trinajstić information content (AvgIpc) is 2.35. The highest BCUT2D eigenvalue weighted by Crippen LogP contribution is 2.19. The van der Waals surface area contributed by atoms with Crippen LogP contribution >= 0.6 is 0 Å². The minimum absolute atomic E-state index is 0.125. The molecule has 1 aromatic rings. The Balaban J connectivity index is 2.95. The first-order valence-corrected chi connectivity index (χ1v) is 5.48. The maximum absolute atomic E-state index is 13.2. The Labute approximate surface area is 108 Å². The molecule has 0 aliphatic carbocycles. The average molecular weight is 266 g/mol. The molecule has 0 amide bonds. The number of nitro groups is 1. The maximum Gasteiger partial charge on any atom is 0.323 e. The molecule has 100 valence electrons. The van der Waals surface area contributed by atoms with E-state index in [0.717, 1.165) is 18.2 Å². The van der Waals surface area contributed by atoms with E-state index in [-0.39, 0.29) is 18.6 Å². The third kappa shape index (κ3) is 4.03. The van der Waals surface area contributed by atoms with E-state index in [0.29, 0.717) is 0 Å². The Kier molecular flexibility index (Phi) is 4.94. The number of benzene rings is 1. The summed E-state index contributed by atoms with van der Waals surface area (Å²) in [5.74, 6) is -2.62. The summed E-state index contributed by atoms with van der Waals surface area (Å²) in [7, 11) is 0. The molecular weight excluding hydrogens is 255 g/mol. The van der Waals surface area contributed by atoms with Gasteiger partial charge in [-0.3, -0.25) is 14.9 Å². The normalized spacial score (nSPS) is 11.4. The zero-order valence-electron chi connectivity index (χ0n) is 10.1. The predicted molar refractivity (Wildman–Crippen MR) is 62.5 cm³/mol. The number of non-ortho nitro benzene ring substituents is 1. The lowest BCUT2D eigenvalue weighted by Gasteiger charge is -2.08. The van der Waals surface area contributed by atoms with Gasteiger partial charge in [-0.05, 0) is 25.0 Å². The minimum Gasteiger partial charge on any atom is -0.465 e. The molecule has 0 aliphatic rings. The van der Waals surface area contributed by atoms with Gasteiger partial charge in [0.05, 0.1) is 23.7 Å². The maximum atomic E-state index is 13.2. The van der Waals surface area contributed by atoms with Crippen molar-refractivity contribution in [1.29, 1.82) is 5.26 Å². The van der Waals surface area contributed by atoms with Crippen LogP contribution in [0.1, 0.15) is 12.5 Å². The molecule has 0 fully saturated rings. The lowest BCUT2D eigenvalue weighted by Crippen LogP contribution is -2.18. The van der Waals surface area contributed by atoms with E-state index in [1.54, 1.807) is 13.0 Å². The van der Waals surface area contributed by atoms with Gasteiger partial charge in [0.1, 0.15) is 11.7 Å². The van der Waals surface area contributed by atoms with Crippen molar-refractivity contribution in [2.45, 2.75) is 13.3 Å². The molecule has 1 rings (SSSR count). The summed E-state index contributed by atoms with van der Waals surface area (Å²) < 4.78 is 17.9. The fourth-order valence-corrected chi connectivity index (χ4v) is 1.52. The molecule has 0 saturated carbocycles. The first-order valence-electron chi connectivity index (χ1n) is 5.48. The molecule has 0 bridgehead atoms. The fourth-order valence-electron chi connectivity index (χ4n) is 1.52. The molecule has 0 spiro atoms. The Morgan fingerprint density at radius 2 is 2.26 bits per heavy atom. The highest BCUT2D eigenvalue weighted by atomic mass is 19.1. The second-order valence-electron chi connectivity index (χ2n) is 3.71. The predicted octanol–water partition coefficient (Wildman–Crippen LogP) is 1.98. The van der Waals surface area contributed by atoms with Crippen LogP contribution in [0.25, 0.3) is 0 Å². The van der Waals surface area contributed by atoms with Crippen LogP contribution < -0.4 is 0 Å². The lowest BCUT2D eigenvalue weighted by molar-refractivity contribution is -0.385. The first kappa shape index (κ1) is 14.6. The summed E-state index contributed by atoms with van der Waals surface area (Å²) in [6.07, 6.45) is -0.131. The van der Waals surface area contributed by atoms with Crippen LogP contribution in [0.3, 0.4) is 0 Å². The largest absolute Gasteiger partial charge is 0.465 e. The summed E-state index contributed by atoms with van der Waals surface area (Å²) in [5, 5.41) is 19.4. The van der Waals surface area contributed by atoms with Crippen molar-refractivity contribution in [2.24, 2.45) is 5.92 Å². The summed E-state index contributed by atoms with van der Waals surface area (Å²) in [5.41, 5.74) is -0.221. The lowest BCUT2D eigenvalue weighted by atomic mass is 10.0. The van der Waals surface area contributed by atoms with Gasteiger partial charge in [0, 0.05) is 6.07 Å². The van der Waals surface area contributed by atoms with Crippen LogP contribution in [0, 0.1) is 33.2 Å². The van der Waals surface area contributed by atoms with E-state index in [4.69, 9.17) is 5.26 Å². The van der Waals surface area contributed by atoms with Gasteiger partial charge in [0.25, 0.3) is 5.69 Å². The van der Waals surface area contributed by atoms with Gasteiger partial charge in [0.2, 0.25) is 0 Å². The van der Waals surface area contributed by atoms with Gasteiger partial charge in [0.15, 0.2) is 0 Å². The van der Waals surface area contributed by atoms with Gasteiger partial charge >= 0.3 is 5.97 Å². The third-order valence-electron chi connectivity index (χ3n) is 2.32.